The van der Waals surface area contributed by atoms with Crippen LogP contribution in [0.3, 0.4) is 0 Å². The number of thiophene rings is 1. The fourth-order valence-corrected chi connectivity index (χ4v) is 3.80. The van der Waals surface area contributed by atoms with Crippen molar-refractivity contribution in [2.45, 2.75) is 5.60 Å². The highest BCUT2D eigenvalue weighted by atomic mass is 32.1. The summed E-state index contributed by atoms with van der Waals surface area (Å²) in [4.78, 5) is 11.0. The molecule has 0 unspecified atom stereocenters. The summed E-state index contributed by atoms with van der Waals surface area (Å²) in [6.07, 6.45) is 3.43. The molecule has 1 aliphatic heterocycles. The van der Waals surface area contributed by atoms with Crippen molar-refractivity contribution in [3.8, 4) is 0 Å². The van der Waals surface area contributed by atoms with E-state index in [2.05, 4.69) is 20.0 Å². The van der Waals surface area contributed by atoms with E-state index in [0.717, 1.165) is 34.8 Å². The Morgan fingerprint density at radius 3 is 2.86 bits per heavy atom. The molecule has 0 atom stereocenters. The van der Waals surface area contributed by atoms with Crippen LogP contribution in [0.25, 0.3) is 10.2 Å². The van der Waals surface area contributed by atoms with E-state index < -0.39 is 0 Å². The van der Waals surface area contributed by atoms with Gasteiger partial charge in [-0.05, 0) is 17.5 Å². The summed E-state index contributed by atoms with van der Waals surface area (Å²) in [6, 6.07) is 4.04. The minimum absolute atomic E-state index is 0.306. The number of hydrogen-bond donors (Lipinski definition) is 0. The van der Waals surface area contributed by atoms with Crippen LogP contribution in [0.1, 0.15) is 5.69 Å². The Labute approximate surface area is 126 Å². The standard InChI is InChI=1S/C14H15N5OS/c1-18-11(3-5-17-18)14(20-2)7-19(8-14)13-12-10(4-6-21-12)15-9-16-13/h3-6,9H,7-8H2,1-2H3. The molecule has 0 aliphatic carbocycles. The molecule has 0 saturated carbocycles. The fourth-order valence-electron chi connectivity index (χ4n) is 2.94. The van der Waals surface area contributed by atoms with Crippen LogP contribution in [0.2, 0.25) is 0 Å². The average molecular weight is 301 g/mol. The van der Waals surface area contributed by atoms with Crippen LogP contribution < -0.4 is 4.90 Å². The smallest absolute Gasteiger partial charge is 0.150 e. The third-order valence-corrected chi connectivity index (χ3v) is 4.99. The predicted octanol–water partition coefficient (Wildman–Crippen LogP) is 1.79. The first-order valence-electron chi connectivity index (χ1n) is 6.70. The number of methoxy groups -OCH3 is 1. The summed E-state index contributed by atoms with van der Waals surface area (Å²) >= 11 is 1.67. The van der Waals surface area contributed by atoms with Gasteiger partial charge in [0.2, 0.25) is 0 Å². The van der Waals surface area contributed by atoms with Gasteiger partial charge < -0.3 is 9.64 Å². The maximum atomic E-state index is 5.80. The van der Waals surface area contributed by atoms with E-state index >= 15 is 0 Å². The Kier molecular flexibility index (Phi) is 2.73. The third kappa shape index (κ3) is 1.77. The van der Waals surface area contributed by atoms with Gasteiger partial charge in [-0.1, -0.05) is 0 Å². The van der Waals surface area contributed by atoms with Crippen molar-refractivity contribution in [1.29, 1.82) is 0 Å². The molecule has 0 bridgehead atoms. The Morgan fingerprint density at radius 2 is 2.14 bits per heavy atom. The maximum Gasteiger partial charge on any atom is 0.150 e. The number of ether oxygens (including phenoxy) is 1. The molecule has 1 fully saturated rings. The molecule has 0 radical (unpaired) electrons. The quantitative estimate of drug-likeness (QED) is 0.738. The Morgan fingerprint density at radius 1 is 1.29 bits per heavy atom. The summed E-state index contributed by atoms with van der Waals surface area (Å²) in [5.74, 6) is 0.991. The molecular weight excluding hydrogens is 286 g/mol. The van der Waals surface area contributed by atoms with Gasteiger partial charge in [-0.25, -0.2) is 9.97 Å². The topological polar surface area (TPSA) is 56.1 Å². The molecule has 1 aliphatic rings. The highest BCUT2D eigenvalue weighted by molar-refractivity contribution is 7.17. The van der Waals surface area contributed by atoms with E-state index in [1.165, 1.54) is 0 Å². The first kappa shape index (κ1) is 12.7. The second-order valence-electron chi connectivity index (χ2n) is 5.23. The minimum Gasteiger partial charge on any atom is -0.368 e. The van der Waals surface area contributed by atoms with E-state index in [1.54, 1.807) is 31.0 Å². The molecule has 0 amide bonds. The van der Waals surface area contributed by atoms with Gasteiger partial charge in [-0.3, -0.25) is 4.68 Å². The van der Waals surface area contributed by atoms with Gasteiger partial charge in [-0.15, -0.1) is 11.3 Å². The summed E-state index contributed by atoms with van der Waals surface area (Å²) in [5.41, 5.74) is 1.79. The number of anilines is 1. The monoisotopic (exact) mass is 301 g/mol. The van der Waals surface area contributed by atoms with Gasteiger partial charge in [0.15, 0.2) is 0 Å². The molecule has 7 heteroatoms. The predicted molar refractivity (Wildman–Crippen MR) is 81.5 cm³/mol. The highest BCUT2D eigenvalue weighted by Crippen LogP contribution is 2.40. The number of rotatable bonds is 3. The average Bonchev–Trinajstić information content (AvgIpc) is 3.08. The molecule has 6 nitrogen and oxygen atoms in total. The number of hydrogen-bond acceptors (Lipinski definition) is 6. The van der Waals surface area contributed by atoms with Crippen LogP contribution in [-0.2, 0) is 17.4 Å². The van der Waals surface area contributed by atoms with Gasteiger partial charge in [0.05, 0.1) is 29.0 Å². The zero-order chi connectivity index (χ0) is 14.4. The largest absolute Gasteiger partial charge is 0.368 e. The fraction of sp³-hybridized carbons (Fsp3) is 0.357. The van der Waals surface area contributed by atoms with E-state index in [-0.39, 0.29) is 5.60 Å². The molecule has 0 N–H and O–H groups in total. The number of aryl methyl sites for hydroxylation is 1. The molecule has 0 spiro atoms. The molecule has 21 heavy (non-hydrogen) atoms. The van der Waals surface area contributed by atoms with Crippen LogP contribution in [0.15, 0.2) is 30.0 Å². The lowest BCUT2D eigenvalue weighted by Gasteiger charge is -2.49. The summed E-state index contributed by atoms with van der Waals surface area (Å²) in [7, 11) is 3.70. The number of fused-ring (bicyclic) bond motifs is 1. The summed E-state index contributed by atoms with van der Waals surface area (Å²) in [6.45, 7) is 1.54. The lowest BCUT2D eigenvalue weighted by atomic mass is 9.90. The third-order valence-electron chi connectivity index (χ3n) is 4.09. The van der Waals surface area contributed by atoms with Crippen LogP contribution >= 0.6 is 11.3 Å². The number of nitrogens with zero attached hydrogens (tertiary/aromatic N) is 5. The van der Waals surface area contributed by atoms with Gasteiger partial charge in [0.25, 0.3) is 0 Å². The first-order valence-corrected chi connectivity index (χ1v) is 7.58. The van der Waals surface area contributed by atoms with Gasteiger partial charge in [0, 0.05) is 20.4 Å². The SMILES string of the molecule is COC1(c2ccnn2C)CN(c2ncnc3ccsc23)C1. The van der Waals surface area contributed by atoms with Gasteiger partial charge in [0.1, 0.15) is 17.7 Å². The van der Waals surface area contributed by atoms with E-state index in [0.29, 0.717) is 0 Å². The Balaban J connectivity index is 1.67. The second-order valence-corrected chi connectivity index (χ2v) is 6.14. The van der Waals surface area contributed by atoms with Crippen molar-refractivity contribution in [3.63, 3.8) is 0 Å². The normalized spacial score (nSPS) is 17.1. The van der Waals surface area contributed by atoms with Crippen molar-refractivity contribution in [1.82, 2.24) is 19.7 Å². The summed E-state index contributed by atoms with van der Waals surface area (Å²) in [5, 5.41) is 6.30. The molecule has 3 aromatic heterocycles. The Bertz CT molecular complexity index is 789. The highest BCUT2D eigenvalue weighted by Gasteiger charge is 2.47. The van der Waals surface area contributed by atoms with Crippen molar-refractivity contribution in [2.75, 3.05) is 25.1 Å². The van der Waals surface area contributed by atoms with Gasteiger partial charge >= 0.3 is 0 Å². The molecule has 1 saturated heterocycles. The van der Waals surface area contributed by atoms with E-state index in [4.69, 9.17) is 4.74 Å². The van der Waals surface area contributed by atoms with Crippen molar-refractivity contribution < 1.29 is 4.74 Å². The van der Waals surface area contributed by atoms with E-state index in [9.17, 15) is 0 Å². The first-order chi connectivity index (χ1) is 10.2. The second kappa shape index (κ2) is 4.51. The molecule has 0 aromatic carbocycles. The maximum absolute atomic E-state index is 5.80. The number of aromatic nitrogens is 4. The van der Waals surface area contributed by atoms with Crippen molar-refractivity contribution in [2.24, 2.45) is 7.05 Å². The molecule has 3 aromatic rings. The zero-order valence-electron chi connectivity index (χ0n) is 11.9. The molecule has 4 rings (SSSR count). The van der Waals surface area contributed by atoms with Crippen LogP contribution in [-0.4, -0.2) is 39.9 Å². The Hall–Kier alpha value is -1.99. The van der Waals surface area contributed by atoms with Crippen LogP contribution in [0.4, 0.5) is 5.82 Å². The van der Waals surface area contributed by atoms with Gasteiger partial charge in [-0.2, -0.15) is 5.10 Å². The molecule has 4 heterocycles. The summed E-state index contributed by atoms with van der Waals surface area (Å²) < 4.78 is 8.81. The molecule has 108 valence electrons. The molecular formula is C14H15N5OS. The zero-order valence-corrected chi connectivity index (χ0v) is 12.7. The van der Waals surface area contributed by atoms with Crippen LogP contribution in [0.5, 0.6) is 0 Å². The minimum atomic E-state index is -0.306. The van der Waals surface area contributed by atoms with E-state index in [1.807, 2.05) is 29.2 Å². The van der Waals surface area contributed by atoms with Crippen LogP contribution in [0, 0.1) is 0 Å². The van der Waals surface area contributed by atoms with Crippen molar-refractivity contribution in [3.05, 3.63) is 35.7 Å². The lowest BCUT2D eigenvalue weighted by Crippen LogP contribution is -2.61. The van der Waals surface area contributed by atoms with Crippen molar-refractivity contribution >= 4 is 27.4 Å². The lowest BCUT2D eigenvalue weighted by molar-refractivity contribution is -0.0446.